The number of nitrogens with one attached hydrogen (secondary N) is 1. The highest BCUT2D eigenvalue weighted by molar-refractivity contribution is 6.18. The van der Waals surface area contributed by atoms with Gasteiger partial charge < -0.3 is 34.5 Å². The maximum atomic E-state index is 14.0. The Morgan fingerprint density at radius 2 is 1.66 bits per heavy atom. The maximum Gasteiger partial charge on any atom is 0.314 e. The lowest BCUT2D eigenvalue weighted by Gasteiger charge is -2.43. The molecule has 3 rings (SSSR count). The van der Waals surface area contributed by atoms with Crippen LogP contribution in [0.4, 0.5) is 22.0 Å². The molecule has 0 saturated carbocycles. The van der Waals surface area contributed by atoms with E-state index >= 15 is 0 Å². The number of ether oxygens (including phenoxy) is 4. The third-order valence-electron chi connectivity index (χ3n) is 8.44. The normalized spacial score (nSPS) is 29.6. The Kier molecular flexibility index (Phi) is 14.5. The van der Waals surface area contributed by atoms with Crippen molar-refractivity contribution in [3.8, 4) is 5.75 Å². The molecule has 0 spiro atoms. The van der Waals surface area contributed by atoms with Crippen molar-refractivity contribution in [2.24, 2.45) is 5.92 Å². The number of rotatable bonds is 12. The molecule has 3 N–H and O–H groups in total. The zero-order valence-corrected chi connectivity index (χ0v) is 28.8. The lowest BCUT2D eigenvalue weighted by Crippen LogP contribution is -2.58. The molecule has 2 aliphatic rings. The number of alkyl halides is 1. The van der Waals surface area contributed by atoms with Gasteiger partial charge in [0.15, 0.2) is 0 Å². The van der Waals surface area contributed by atoms with Crippen LogP contribution in [0.2, 0.25) is 0 Å². The van der Waals surface area contributed by atoms with Crippen LogP contribution in [0.3, 0.4) is 0 Å². The molecule has 1 amide bonds. The molecular formula is C34H41ClF5NO9. The van der Waals surface area contributed by atoms with Gasteiger partial charge in [0.2, 0.25) is 40.7 Å². The van der Waals surface area contributed by atoms with Crippen LogP contribution in [0.15, 0.2) is 36.0 Å². The highest BCUT2D eigenvalue weighted by atomic mass is 35.5. The molecule has 9 atom stereocenters. The molecule has 0 radical (unpaired) electrons. The standard InChI is InChI=1S/C34H41ClF5NO9/c1-16(6-9-23-17(2)12-22(19(4)48-23)41-25(43)11-8-18(3)47-20(5)42)7-10-24-33(45)34(46,15-35)14-21(49-24)13-26(44)50-32-30(39)28(37)27(36)29(38)31(32)40/h6-8,10-11,17-19,21-24,33,45-46H,9,12-15H2,1-5H3,(H,41,43). The van der Waals surface area contributed by atoms with E-state index in [0.717, 1.165) is 0 Å². The van der Waals surface area contributed by atoms with E-state index in [0.29, 0.717) is 18.4 Å². The molecule has 10 nitrogen and oxygen atoms in total. The highest BCUT2D eigenvalue weighted by Gasteiger charge is 2.47. The van der Waals surface area contributed by atoms with E-state index < -0.39 is 95.5 Å². The van der Waals surface area contributed by atoms with Crippen LogP contribution in [0.5, 0.6) is 5.75 Å². The van der Waals surface area contributed by atoms with Crippen molar-refractivity contribution in [1.82, 2.24) is 5.32 Å². The Morgan fingerprint density at radius 1 is 1.04 bits per heavy atom. The van der Waals surface area contributed by atoms with Gasteiger partial charge in [0.25, 0.3) is 0 Å². The van der Waals surface area contributed by atoms with E-state index in [4.69, 9.17) is 25.8 Å². The summed E-state index contributed by atoms with van der Waals surface area (Å²) in [5.41, 5.74) is -1.25. The Balaban J connectivity index is 1.60. The lowest BCUT2D eigenvalue weighted by atomic mass is 9.84. The summed E-state index contributed by atoms with van der Waals surface area (Å²) in [6.07, 6.45) is 2.58. The van der Waals surface area contributed by atoms with Crippen molar-refractivity contribution < 1.29 is 65.5 Å². The average molecular weight is 738 g/mol. The molecule has 0 aliphatic carbocycles. The topological polar surface area (TPSA) is 141 Å². The van der Waals surface area contributed by atoms with Crippen LogP contribution in [0.25, 0.3) is 0 Å². The Bertz CT molecular complexity index is 1480. The van der Waals surface area contributed by atoms with E-state index in [-0.39, 0.29) is 30.1 Å². The van der Waals surface area contributed by atoms with Gasteiger partial charge in [-0.1, -0.05) is 30.7 Å². The minimum atomic E-state index is -2.42. The maximum absolute atomic E-state index is 14.0. The number of amides is 1. The van der Waals surface area contributed by atoms with Crippen molar-refractivity contribution in [3.63, 3.8) is 0 Å². The number of halogens is 6. The lowest BCUT2D eigenvalue weighted by molar-refractivity contribution is -0.196. The number of aliphatic hydroxyl groups is 2. The van der Waals surface area contributed by atoms with Crippen molar-refractivity contribution in [2.75, 3.05) is 5.88 Å². The van der Waals surface area contributed by atoms with Crippen LogP contribution in [0.1, 0.15) is 60.3 Å². The first kappa shape index (κ1) is 41.1. The van der Waals surface area contributed by atoms with Gasteiger partial charge in [0.1, 0.15) is 23.9 Å². The Labute approximate surface area is 291 Å². The largest absolute Gasteiger partial charge is 0.459 e. The van der Waals surface area contributed by atoms with Crippen LogP contribution in [-0.2, 0) is 28.6 Å². The van der Waals surface area contributed by atoms with E-state index in [1.54, 1.807) is 19.9 Å². The van der Waals surface area contributed by atoms with E-state index in [2.05, 4.69) is 10.1 Å². The first-order valence-corrected chi connectivity index (χ1v) is 16.4. The third-order valence-corrected chi connectivity index (χ3v) is 8.90. The quantitative estimate of drug-likeness (QED) is 0.0401. The molecule has 2 saturated heterocycles. The van der Waals surface area contributed by atoms with E-state index in [1.165, 1.54) is 25.2 Å². The summed E-state index contributed by atoms with van der Waals surface area (Å²) >= 11 is 5.92. The van der Waals surface area contributed by atoms with Crippen molar-refractivity contribution in [1.29, 1.82) is 0 Å². The molecule has 1 aromatic carbocycles. The summed E-state index contributed by atoms with van der Waals surface area (Å²) in [5.74, 6) is -16.1. The van der Waals surface area contributed by atoms with Crippen LogP contribution >= 0.6 is 11.6 Å². The van der Waals surface area contributed by atoms with Gasteiger partial charge >= 0.3 is 11.9 Å². The molecule has 2 fully saturated rings. The van der Waals surface area contributed by atoms with Gasteiger partial charge in [0.05, 0.1) is 36.7 Å². The number of hydrogen-bond acceptors (Lipinski definition) is 9. The molecule has 0 bridgehead atoms. The average Bonchev–Trinajstić information content (AvgIpc) is 3.05. The predicted octanol–water partition coefficient (Wildman–Crippen LogP) is 4.86. The zero-order valence-electron chi connectivity index (χ0n) is 28.1. The number of esters is 2. The molecular weight excluding hydrogens is 697 g/mol. The van der Waals surface area contributed by atoms with Gasteiger partial charge in [-0.15, -0.1) is 11.6 Å². The number of hydrogen-bond donors (Lipinski definition) is 3. The fourth-order valence-electron chi connectivity index (χ4n) is 5.67. The van der Waals surface area contributed by atoms with Crippen LogP contribution in [-0.4, -0.2) is 82.2 Å². The summed E-state index contributed by atoms with van der Waals surface area (Å²) in [6, 6.07) is -0.251. The highest BCUT2D eigenvalue weighted by Crippen LogP contribution is 2.34. The molecule has 2 heterocycles. The fraction of sp³-hybridized carbons (Fsp3) is 0.559. The predicted molar refractivity (Wildman–Crippen MR) is 169 cm³/mol. The summed E-state index contributed by atoms with van der Waals surface area (Å²) in [5, 5.41) is 24.7. The molecule has 1 aromatic rings. The summed E-state index contributed by atoms with van der Waals surface area (Å²) in [7, 11) is 0. The SMILES string of the molecule is CC(=O)OC(C)C=CC(=O)NC1CC(C)C(CC=C(C)C=CC2OC(CC(=O)Oc3c(F)c(F)c(F)c(F)c3F)CC(O)(CCl)C2O)OC1C. The number of carbonyl (C=O) groups is 3. The van der Waals surface area contributed by atoms with E-state index in [1.807, 2.05) is 19.9 Å². The third kappa shape index (κ3) is 10.6. The van der Waals surface area contributed by atoms with Crippen LogP contribution in [0, 0.1) is 35.0 Å². The summed E-state index contributed by atoms with van der Waals surface area (Å²) in [6.45, 7) is 8.52. The van der Waals surface area contributed by atoms with Crippen molar-refractivity contribution in [3.05, 3.63) is 65.0 Å². The Morgan fingerprint density at radius 3 is 2.26 bits per heavy atom. The van der Waals surface area contributed by atoms with Gasteiger partial charge in [-0.25, -0.2) is 13.2 Å². The van der Waals surface area contributed by atoms with Crippen molar-refractivity contribution in [2.45, 2.75) is 109 Å². The number of carbonyl (C=O) groups excluding carboxylic acids is 3. The Hall–Kier alpha value is -3.37. The first-order valence-electron chi connectivity index (χ1n) is 15.9. The molecule has 0 aromatic heterocycles. The molecule has 9 unspecified atom stereocenters. The molecule has 16 heteroatoms. The van der Waals surface area contributed by atoms with Gasteiger partial charge in [-0.3, -0.25) is 14.4 Å². The van der Waals surface area contributed by atoms with E-state index in [9.17, 15) is 46.5 Å². The second-order valence-electron chi connectivity index (χ2n) is 12.6. The second kappa shape index (κ2) is 17.7. The molecule has 50 heavy (non-hydrogen) atoms. The number of benzene rings is 1. The van der Waals surface area contributed by atoms with Crippen LogP contribution < -0.4 is 10.1 Å². The van der Waals surface area contributed by atoms with Gasteiger partial charge in [0, 0.05) is 19.4 Å². The van der Waals surface area contributed by atoms with Crippen molar-refractivity contribution >= 4 is 29.4 Å². The molecule has 278 valence electrons. The summed E-state index contributed by atoms with van der Waals surface area (Å²) < 4.78 is 89.7. The smallest absolute Gasteiger partial charge is 0.314 e. The first-order chi connectivity index (χ1) is 23.4. The fourth-order valence-corrected chi connectivity index (χ4v) is 5.94. The minimum Gasteiger partial charge on any atom is -0.459 e. The summed E-state index contributed by atoms with van der Waals surface area (Å²) in [4.78, 5) is 35.9. The van der Waals surface area contributed by atoms with Gasteiger partial charge in [-0.2, -0.15) is 8.78 Å². The van der Waals surface area contributed by atoms with Gasteiger partial charge in [-0.05, 0) is 45.6 Å². The molecule has 2 aliphatic heterocycles. The minimum absolute atomic E-state index is 0.0565. The second-order valence-corrected chi connectivity index (χ2v) is 12.9. The zero-order chi connectivity index (χ0) is 37.5. The number of allylic oxidation sites excluding steroid dienone is 2. The number of aliphatic hydroxyl groups excluding tert-OH is 1. The monoisotopic (exact) mass is 737 g/mol.